The third-order valence-corrected chi connectivity index (χ3v) is 5.67. The second-order valence-electron chi connectivity index (χ2n) is 7.56. The number of carbonyl (C=O) groups is 2. The van der Waals surface area contributed by atoms with Gasteiger partial charge in [0.15, 0.2) is 0 Å². The molecular weight excluding hydrogens is 382 g/mol. The molecule has 0 bridgehead atoms. The molecule has 1 aromatic heterocycles. The van der Waals surface area contributed by atoms with Crippen molar-refractivity contribution in [2.24, 2.45) is 0 Å². The van der Waals surface area contributed by atoms with Crippen LogP contribution < -0.4 is 10.2 Å². The van der Waals surface area contributed by atoms with Crippen molar-refractivity contribution >= 4 is 29.3 Å². The number of hydrogen-bond acceptors (Lipinski definition) is 6. The summed E-state index contributed by atoms with van der Waals surface area (Å²) in [5, 5.41) is 3.18. The van der Waals surface area contributed by atoms with E-state index >= 15 is 0 Å². The van der Waals surface area contributed by atoms with Crippen molar-refractivity contribution < 1.29 is 14.3 Å². The van der Waals surface area contributed by atoms with E-state index in [0.29, 0.717) is 50.1 Å². The van der Waals surface area contributed by atoms with Crippen molar-refractivity contribution in [3.05, 3.63) is 41.6 Å². The highest BCUT2D eigenvalue weighted by Crippen LogP contribution is 2.31. The molecule has 1 saturated heterocycles. The zero-order valence-corrected chi connectivity index (χ0v) is 17.4. The first-order valence-corrected chi connectivity index (χ1v) is 10.5. The standard InChI is InChI=1S/C22H27N5O3/c1-3-18(4-2)27-19(28)13-16-14-23-22(25-20(16)27)24-17-7-5-15(6-8-17)21(29)26-9-11-30-12-10-26/h5-8,14,18H,3-4,9-13H2,1-2H3,(H,23,24,25). The molecule has 0 radical (unpaired) electrons. The van der Waals surface area contributed by atoms with Crippen LogP contribution in [0.15, 0.2) is 30.5 Å². The minimum absolute atomic E-state index is 0.0120. The first-order chi connectivity index (χ1) is 14.6. The van der Waals surface area contributed by atoms with Gasteiger partial charge in [-0.15, -0.1) is 0 Å². The third kappa shape index (κ3) is 4.00. The number of nitrogens with one attached hydrogen (secondary N) is 1. The zero-order chi connectivity index (χ0) is 21.1. The van der Waals surface area contributed by atoms with Crippen LogP contribution in [-0.4, -0.2) is 59.0 Å². The van der Waals surface area contributed by atoms with E-state index in [1.165, 1.54) is 0 Å². The second-order valence-corrected chi connectivity index (χ2v) is 7.56. The molecule has 0 saturated carbocycles. The highest BCUT2D eigenvalue weighted by atomic mass is 16.5. The molecular formula is C22H27N5O3. The normalized spacial score (nSPS) is 16.2. The number of aromatic nitrogens is 2. The van der Waals surface area contributed by atoms with Crippen molar-refractivity contribution in [1.29, 1.82) is 0 Å². The SMILES string of the molecule is CCC(CC)N1C(=O)Cc2cnc(Nc3ccc(C(=O)N4CCOCC4)cc3)nc21. The second kappa shape index (κ2) is 8.79. The number of amides is 2. The summed E-state index contributed by atoms with van der Waals surface area (Å²) in [4.78, 5) is 37.7. The summed E-state index contributed by atoms with van der Waals surface area (Å²) in [5.41, 5.74) is 2.29. The Morgan fingerprint density at radius 3 is 2.53 bits per heavy atom. The van der Waals surface area contributed by atoms with Crippen molar-refractivity contribution in [3.8, 4) is 0 Å². The molecule has 0 unspecified atom stereocenters. The highest BCUT2D eigenvalue weighted by Gasteiger charge is 2.33. The van der Waals surface area contributed by atoms with E-state index in [-0.39, 0.29) is 17.9 Å². The van der Waals surface area contributed by atoms with E-state index in [1.807, 2.05) is 17.0 Å². The molecule has 2 aromatic rings. The minimum Gasteiger partial charge on any atom is -0.378 e. The van der Waals surface area contributed by atoms with Crippen LogP contribution in [-0.2, 0) is 16.0 Å². The lowest BCUT2D eigenvalue weighted by molar-refractivity contribution is -0.117. The largest absolute Gasteiger partial charge is 0.378 e. The summed E-state index contributed by atoms with van der Waals surface area (Å²) in [6, 6.07) is 7.43. The minimum atomic E-state index is 0.0120. The molecule has 2 aliphatic heterocycles. The number of hydrogen-bond donors (Lipinski definition) is 1. The van der Waals surface area contributed by atoms with E-state index in [0.717, 1.165) is 24.1 Å². The molecule has 0 spiro atoms. The quantitative estimate of drug-likeness (QED) is 0.789. The van der Waals surface area contributed by atoms with Gasteiger partial charge in [0.1, 0.15) is 5.82 Å². The van der Waals surface area contributed by atoms with Crippen LogP contribution >= 0.6 is 0 Å². The Kier molecular flexibility index (Phi) is 5.94. The Hall–Kier alpha value is -3.00. The predicted molar refractivity (Wildman–Crippen MR) is 114 cm³/mol. The first-order valence-electron chi connectivity index (χ1n) is 10.5. The van der Waals surface area contributed by atoms with Gasteiger partial charge in [-0.05, 0) is 37.1 Å². The smallest absolute Gasteiger partial charge is 0.254 e. The molecule has 8 heteroatoms. The van der Waals surface area contributed by atoms with Gasteiger partial charge in [0, 0.05) is 42.1 Å². The highest BCUT2D eigenvalue weighted by molar-refractivity contribution is 6.00. The molecule has 30 heavy (non-hydrogen) atoms. The van der Waals surface area contributed by atoms with Gasteiger partial charge < -0.3 is 15.0 Å². The summed E-state index contributed by atoms with van der Waals surface area (Å²) < 4.78 is 5.30. The fourth-order valence-corrected chi connectivity index (χ4v) is 3.96. The summed E-state index contributed by atoms with van der Waals surface area (Å²) in [7, 11) is 0. The number of anilines is 3. The number of fused-ring (bicyclic) bond motifs is 1. The lowest BCUT2D eigenvalue weighted by atomic mass is 10.1. The average molecular weight is 409 g/mol. The maximum Gasteiger partial charge on any atom is 0.254 e. The van der Waals surface area contributed by atoms with Gasteiger partial charge >= 0.3 is 0 Å². The Labute approximate surface area is 176 Å². The predicted octanol–water partition coefficient (Wildman–Crippen LogP) is 2.77. The molecule has 3 heterocycles. The molecule has 158 valence electrons. The average Bonchev–Trinajstić information content (AvgIpc) is 3.11. The van der Waals surface area contributed by atoms with E-state index in [2.05, 4.69) is 29.1 Å². The monoisotopic (exact) mass is 409 g/mol. The Morgan fingerprint density at radius 1 is 1.17 bits per heavy atom. The lowest BCUT2D eigenvalue weighted by Gasteiger charge is -2.27. The van der Waals surface area contributed by atoms with E-state index < -0.39 is 0 Å². The van der Waals surface area contributed by atoms with Gasteiger partial charge in [-0.1, -0.05) is 13.8 Å². The number of morpholine rings is 1. The van der Waals surface area contributed by atoms with Crippen molar-refractivity contribution in [2.45, 2.75) is 39.2 Å². The summed E-state index contributed by atoms with van der Waals surface area (Å²) in [6.07, 6.45) is 3.84. The fourth-order valence-electron chi connectivity index (χ4n) is 3.96. The molecule has 2 aliphatic rings. The molecule has 1 aromatic carbocycles. The van der Waals surface area contributed by atoms with Gasteiger partial charge in [-0.25, -0.2) is 4.98 Å². The molecule has 0 aliphatic carbocycles. The third-order valence-electron chi connectivity index (χ3n) is 5.67. The number of carbonyl (C=O) groups excluding carboxylic acids is 2. The maximum absolute atomic E-state index is 12.6. The molecule has 8 nitrogen and oxygen atoms in total. The van der Waals surface area contributed by atoms with Crippen LogP contribution in [0.2, 0.25) is 0 Å². The van der Waals surface area contributed by atoms with E-state index in [9.17, 15) is 9.59 Å². The van der Waals surface area contributed by atoms with Gasteiger partial charge in [-0.3, -0.25) is 14.5 Å². The van der Waals surface area contributed by atoms with Crippen molar-refractivity contribution in [2.75, 3.05) is 36.5 Å². The van der Waals surface area contributed by atoms with Crippen LogP contribution in [0.4, 0.5) is 17.5 Å². The first kappa shape index (κ1) is 20.3. The summed E-state index contributed by atoms with van der Waals surface area (Å²) >= 11 is 0. The van der Waals surface area contributed by atoms with Crippen LogP contribution in [0.25, 0.3) is 0 Å². The molecule has 4 rings (SSSR count). The Morgan fingerprint density at radius 2 is 1.87 bits per heavy atom. The number of nitrogens with zero attached hydrogens (tertiary/aromatic N) is 4. The van der Waals surface area contributed by atoms with Crippen molar-refractivity contribution in [1.82, 2.24) is 14.9 Å². The van der Waals surface area contributed by atoms with Crippen LogP contribution in [0.1, 0.15) is 42.6 Å². The summed E-state index contributed by atoms with van der Waals surface area (Å²) in [5.74, 6) is 1.23. The Balaban J connectivity index is 1.49. The number of benzene rings is 1. The van der Waals surface area contributed by atoms with E-state index in [4.69, 9.17) is 4.74 Å². The molecule has 1 fully saturated rings. The van der Waals surface area contributed by atoms with Crippen LogP contribution in [0, 0.1) is 0 Å². The maximum atomic E-state index is 12.6. The molecule has 1 N–H and O–H groups in total. The van der Waals surface area contributed by atoms with Gasteiger partial charge in [0.05, 0.1) is 19.6 Å². The van der Waals surface area contributed by atoms with E-state index in [1.54, 1.807) is 23.2 Å². The topological polar surface area (TPSA) is 87.7 Å². The zero-order valence-electron chi connectivity index (χ0n) is 17.4. The summed E-state index contributed by atoms with van der Waals surface area (Å²) in [6.45, 7) is 6.56. The molecule has 2 amide bonds. The lowest BCUT2D eigenvalue weighted by Crippen LogP contribution is -2.40. The van der Waals surface area contributed by atoms with Gasteiger partial charge in [-0.2, -0.15) is 4.98 Å². The van der Waals surface area contributed by atoms with Crippen LogP contribution in [0.5, 0.6) is 0 Å². The van der Waals surface area contributed by atoms with Gasteiger partial charge in [0.25, 0.3) is 5.91 Å². The number of ether oxygens (including phenoxy) is 1. The fraction of sp³-hybridized carbons (Fsp3) is 0.455. The number of rotatable bonds is 6. The Bertz CT molecular complexity index is 921. The van der Waals surface area contributed by atoms with Gasteiger partial charge in [0.2, 0.25) is 11.9 Å². The molecule has 0 atom stereocenters. The van der Waals surface area contributed by atoms with Crippen molar-refractivity contribution in [3.63, 3.8) is 0 Å². The van der Waals surface area contributed by atoms with Crippen LogP contribution in [0.3, 0.4) is 0 Å².